The number of rotatable bonds is 3. The average Bonchev–Trinajstić information content (AvgIpc) is 3.09. The number of hydrogen-bond acceptors (Lipinski definition) is 2. The molecule has 1 aromatic heterocycles. The van der Waals surface area contributed by atoms with Crippen LogP contribution in [0.1, 0.15) is 49.0 Å². The summed E-state index contributed by atoms with van der Waals surface area (Å²) in [6, 6.07) is 10.8. The summed E-state index contributed by atoms with van der Waals surface area (Å²) in [6.07, 6.45) is 9.01. The van der Waals surface area contributed by atoms with Crippen molar-refractivity contribution in [3.05, 3.63) is 54.1 Å². The van der Waals surface area contributed by atoms with Crippen molar-refractivity contribution in [2.24, 2.45) is 5.73 Å². The van der Waals surface area contributed by atoms with Crippen LogP contribution in [0.15, 0.2) is 42.9 Å². The molecule has 3 heteroatoms. The molecule has 2 N–H and O–H groups in total. The van der Waals surface area contributed by atoms with Gasteiger partial charge >= 0.3 is 0 Å². The second-order valence-corrected chi connectivity index (χ2v) is 5.05. The number of benzene rings is 1. The van der Waals surface area contributed by atoms with Gasteiger partial charge in [0.25, 0.3) is 0 Å². The first-order valence-electron chi connectivity index (χ1n) is 6.68. The minimum Gasteiger partial charge on any atom is -0.330 e. The monoisotopic (exact) mass is 241 g/mol. The lowest BCUT2D eigenvalue weighted by Crippen LogP contribution is -2.18. The van der Waals surface area contributed by atoms with Gasteiger partial charge in [0, 0.05) is 6.04 Å². The SMILES string of the molecule is NC(c1ccccc1)c1cncn1C1CCCC1. The van der Waals surface area contributed by atoms with Gasteiger partial charge in [0.2, 0.25) is 0 Å². The Morgan fingerprint density at radius 3 is 2.61 bits per heavy atom. The van der Waals surface area contributed by atoms with Gasteiger partial charge in [0.1, 0.15) is 0 Å². The van der Waals surface area contributed by atoms with Crippen LogP contribution in [0.4, 0.5) is 0 Å². The highest BCUT2D eigenvalue weighted by atomic mass is 15.1. The molecule has 94 valence electrons. The molecule has 18 heavy (non-hydrogen) atoms. The van der Waals surface area contributed by atoms with Crippen molar-refractivity contribution in [2.45, 2.75) is 37.8 Å². The second kappa shape index (κ2) is 4.94. The summed E-state index contributed by atoms with van der Waals surface area (Å²) in [6.45, 7) is 0. The van der Waals surface area contributed by atoms with Gasteiger partial charge in [0.05, 0.1) is 24.3 Å². The van der Waals surface area contributed by atoms with Gasteiger partial charge in [-0.3, -0.25) is 0 Å². The summed E-state index contributed by atoms with van der Waals surface area (Å²) in [7, 11) is 0. The van der Waals surface area contributed by atoms with E-state index >= 15 is 0 Å². The molecule has 2 aromatic rings. The maximum absolute atomic E-state index is 6.37. The summed E-state index contributed by atoms with van der Waals surface area (Å²) < 4.78 is 2.28. The Balaban J connectivity index is 1.90. The Morgan fingerprint density at radius 1 is 1.17 bits per heavy atom. The summed E-state index contributed by atoms with van der Waals surface area (Å²) in [5, 5.41) is 0. The molecule has 1 aliphatic carbocycles. The third kappa shape index (κ3) is 2.06. The van der Waals surface area contributed by atoms with Crippen LogP contribution in [-0.2, 0) is 0 Å². The predicted octanol–water partition coefficient (Wildman–Crippen LogP) is 3.05. The molecule has 0 bridgehead atoms. The predicted molar refractivity (Wildman–Crippen MR) is 72.2 cm³/mol. The highest BCUT2D eigenvalue weighted by molar-refractivity contribution is 5.26. The Hall–Kier alpha value is -1.61. The van der Waals surface area contributed by atoms with Crippen LogP contribution in [0, 0.1) is 0 Å². The van der Waals surface area contributed by atoms with Gasteiger partial charge in [-0.2, -0.15) is 0 Å². The van der Waals surface area contributed by atoms with E-state index in [-0.39, 0.29) is 6.04 Å². The molecule has 3 nitrogen and oxygen atoms in total. The first-order valence-corrected chi connectivity index (χ1v) is 6.68. The lowest BCUT2D eigenvalue weighted by Gasteiger charge is -2.19. The van der Waals surface area contributed by atoms with Crippen LogP contribution in [0.25, 0.3) is 0 Å². The zero-order chi connectivity index (χ0) is 12.4. The fourth-order valence-corrected chi connectivity index (χ4v) is 2.87. The molecule has 3 rings (SSSR count). The normalized spacial score (nSPS) is 18.1. The maximum atomic E-state index is 6.37. The van der Waals surface area contributed by atoms with E-state index in [4.69, 9.17) is 5.73 Å². The van der Waals surface area contributed by atoms with Gasteiger partial charge in [-0.1, -0.05) is 43.2 Å². The molecule has 0 spiro atoms. The Kier molecular flexibility index (Phi) is 3.15. The minimum atomic E-state index is -0.0747. The molecule has 0 amide bonds. The van der Waals surface area contributed by atoms with Crippen LogP contribution in [0.3, 0.4) is 0 Å². The molecule has 1 saturated carbocycles. The highest BCUT2D eigenvalue weighted by Crippen LogP contribution is 2.32. The minimum absolute atomic E-state index is 0.0747. The van der Waals surface area contributed by atoms with E-state index in [0.717, 1.165) is 11.3 Å². The molecule has 0 saturated heterocycles. The molecular weight excluding hydrogens is 222 g/mol. The quantitative estimate of drug-likeness (QED) is 0.897. The third-order valence-corrected chi connectivity index (χ3v) is 3.89. The van der Waals surface area contributed by atoms with Crippen LogP contribution in [0.2, 0.25) is 0 Å². The van der Waals surface area contributed by atoms with Crippen molar-refractivity contribution < 1.29 is 0 Å². The topological polar surface area (TPSA) is 43.8 Å². The Labute approximate surface area is 108 Å². The van der Waals surface area contributed by atoms with Gasteiger partial charge in [-0.05, 0) is 18.4 Å². The smallest absolute Gasteiger partial charge is 0.0951 e. The van der Waals surface area contributed by atoms with E-state index in [1.165, 1.54) is 25.7 Å². The van der Waals surface area contributed by atoms with E-state index < -0.39 is 0 Å². The molecule has 1 atom stereocenters. The third-order valence-electron chi connectivity index (χ3n) is 3.89. The zero-order valence-corrected chi connectivity index (χ0v) is 10.5. The molecule has 1 fully saturated rings. The molecule has 1 heterocycles. The first kappa shape index (κ1) is 11.5. The Bertz CT molecular complexity index is 497. The van der Waals surface area contributed by atoms with E-state index in [9.17, 15) is 0 Å². The number of nitrogens with zero attached hydrogens (tertiary/aromatic N) is 2. The van der Waals surface area contributed by atoms with Crippen LogP contribution in [-0.4, -0.2) is 9.55 Å². The van der Waals surface area contributed by atoms with Crippen molar-refractivity contribution in [1.29, 1.82) is 0 Å². The summed E-state index contributed by atoms with van der Waals surface area (Å²) in [5.41, 5.74) is 8.65. The van der Waals surface area contributed by atoms with Crippen molar-refractivity contribution in [2.75, 3.05) is 0 Å². The number of imidazole rings is 1. The largest absolute Gasteiger partial charge is 0.330 e. The van der Waals surface area contributed by atoms with E-state index in [1.807, 2.05) is 30.7 Å². The maximum Gasteiger partial charge on any atom is 0.0951 e. The highest BCUT2D eigenvalue weighted by Gasteiger charge is 2.22. The first-order chi connectivity index (χ1) is 8.86. The standard InChI is InChI=1S/C15H19N3/c16-15(12-6-2-1-3-7-12)14-10-17-11-18(14)13-8-4-5-9-13/h1-3,6-7,10-11,13,15H,4-5,8-9,16H2. The second-order valence-electron chi connectivity index (χ2n) is 5.05. The average molecular weight is 241 g/mol. The summed E-state index contributed by atoms with van der Waals surface area (Å²) in [5.74, 6) is 0. The fourth-order valence-electron chi connectivity index (χ4n) is 2.87. The van der Waals surface area contributed by atoms with Crippen molar-refractivity contribution in [3.63, 3.8) is 0 Å². The van der Waals surface area contributed by atoms with Crippen molar-refractivity contribution in [3.8, 4) is 0 Å². The van der Waals surface area contributed by atoms with Crippen LogP contribution < -0.4 is 5.73 Å². The van der Waals surface area contributed by atoms with E-state index in [0.29, 0.717) is 6.04 Å². The zero-order valence-electron chi connectivity index (χ0n) is 10.5. The van der Waals surface area contributed by atoms with E-state index in [1.54, 1.807) is 0 Å². The fraction of sp³-hybridized carbons (Fsp3) is 0.400. The van der Waals surface area contributed by atoms with Gasteiger partial charge < -0.3 is 10.3 Å². The molecule has 1 aromatic carbocycles. The van der Waals surface area contributed by atoms with Gasteiger partial charge in [0.15, 0.2) is 0 Å². The van der Waals surface area contributed by atoms with Gasteiger partial charge in [-0.25, -0.2) is 4.98 Å². The lowest BCUT2D eigenvalue weighted by molar-refractivity contribution is 0.493. The van der Waals surface area contributed by atoms with Crippen LogP contribution in [0.5, 0.6) is 0 Å². The Morgan fingerprint density at radius 2 is 1.89 bits per heavy atom. The molecule has 0 aliphatic heterocycles. The van der Waals surface area contributed by atoms with Crippen molar-refractivity contribution in [1.82, 2.24) is 9.55 Å². The molecule has 1 unspecified atom stereocenters. The molecule has 1 aliphatic rings. The summed E-state index contributed by atoms with van der Waals surface area (Å²) in [4.78, 5) is 4.30. The molecule has 0 radical (unpaired) electrons. The van der Waals surface area contributed by atoms with Crippen LogP contribution >= 0.6 is 0 Å². The number of nitrogens with two attached hydrogens (primary N) is 1. The lowest BCUT2D eigenvalue weighted by atomic mass is 10.0. The summed E-state index contributed by atoms with van der Waals surface area (Å²) >= 11 is 0. The molecular formula is C15H19N3. The van der Waals surface area contributed by atoms with Gasteiger partial charge in [-0.15, -0.1) is 0 Å². The van der Waals surface area contributed by atoms with Crippen molar-refractivity contribution >= 4 is 0 Å². The van der Waals surface area contributed by atoms with E-state index in [2.05, 4.69) is 21.7 Å². The number of aromatic nitrogens is 2. The number of hydrogen-bond donors (Lipinski definition) is 1.